The number of hydrogen-bond donors (Lipinski definition) is 0. The SMILES string of the molecule is CC1(C)c2ccc(-c3ccc4c(=O)c5ccccc5oc4c3)cc2-c2cc(-c3ccc4c(=O)c5ccccc5oc4c3)ccc21. The third-order valence-electron chi connectivity index (χ3n) is 9.50. The minimum absolute atomic E-state index is 0.0169. The second-order valence-corrected chi connectivity index (χ2v) is 12.4. The zero-order valence-electron chi connectivity index (χ0n) is 24.7. The fourth-order valence-electron chi connectivity index (χ4n) is 7.09. The lowest BCUT2D eigenvalue weighted by Gasteiger charge is -2.21. The molecule has 45 heavy (non-hydrogen) atoms. The first-order chi connectivity index (χ1) is 21.9. The van der Waals surface area contributed by atoms with Gasteiger partial charge in [0.25, 0.3) is 0 Å². The highest BCUT2D eigenvalue weighted by Crippen LogP contribution is 2.50. The predicted octanol–water partition coefficient (Wildman–Crippen LogP) is 9.85. The van der Waals surface area contributed by atoms with Crippen LogP contribution in [0.5, 0.6) is 0 Å². The smallest absolute Gasteiger partial charge is 0.200 e. The van der Waals surface area contributed by atoms with Gasteiger partial charge in [-0.2, -0.15) is 0 Å². The van der Waals surface area contributed by atoms with Crippen LogP contribution in [0.25, 0.3) is 77.3 Å². The van der Waals surface area contributed by atoms with Crippen molar-refractivity contribution in [1.29, 1.82) is 0 Å². The molecule has 1 aliphatic carbocycles. The van der Waals surface area contributed by atoms with Gasteiger partial charge in [-0.05, 0) is 105 Å². The Bertz CT molecular complexity index is 2490. The number of para-hydroxylation sites is 2. The Balaban J connectivity index is 1.17. The predicted molar refractivity (Wildman–Crippen MR) is 182 cm³/mol. The molecule has 2 aromatic heterocycles. The summed E-state index contributed by atoms with van der Waals surface area (Å²) in [4.78, 5) is 26.2. The van der Waals surface area contributed by atoms with E-state index in [0.29, 0.717) is 43.9 Å². The molecule has 0 saturated carbocycles. The lowest BCUT2D eigenvalue weighted by molar-refractivity contribution is 0.659. The topological polar surface area (TPSA) is 60.4 Å². The Morgan fingerprint density at radius 3 is 1.27 bits per heavy atom. The van der Waals surface area contributed by atoms with Crippen molar-refractivity contribution in [3.63, 3.8) is 0 Å². The minimum atomic E-state index is -0.161. The van der Waals surface area contributed by atoms with Crippen LogP contribution in [0, 0.1) is 0 Å². The number of rotatable bonds is 2. The van der Waals surface area contributed by atoms with Gasteiger partial charge in [-0.1, -0.05) is 74.5 Å². The molecule has 4 nitrogen and oxygen atoms in total. The quantitative estimate of drug-likeness (QED) is 0.190. The summed E-state index contributed by atoms with van der Waals surface area (Å²) in [5.41, 5.74) is 11.1. The Morgan fingerprint density at radius 2 is 0.800 bits per heavy atom. The van der Waals surface area contributed by atoms with Crippen LogP contribution >= 0.6 is 0 Å². The molecule has 8 aromatic rings. The van der Waals surface area contributed by atoms with Crippen LogP contribution < -0.4 is 10.9 Å². The molecule has 0 fully saturated rings. The fourth-order valence-corrected chi connectivity index (χ4v) is 7.09. The monoisotopic (exact) mass is 582 g/mol. The van der Waals surface area contributed by atoms with Gasteiger partial charge in [0.2, 0.25) is 10.9 Å². The van der Waals surface area contributed by atoms with Gasteiger partial charge in [0.1, 0.15) is 22.3 Å². The lowest BCUT2D eigenvalue weighted by Crippen LogP contribution is -2.14. The first-order valence-corrected chi connectivity index (χ1v) is 15.1. The summed E-state index contributed by atoms with van der Waals surface area (Å²) in [6, 6.07) is 39.7. The van der Waals surface area contributed by atoms with Gasteiger partial charge in [0.15, 0.2) is 0 Å². The highest BCUT2D eigenvalue weighted by molar-refractivity contribution is 5.94. The third-order valence-corrected chi connectivity index (χ3v) is 9.50. The molecule has 0 N–H and O–H groups in total. The third kappa shape index (κ3) is 3.72. The molecule has 0 spiro atoms. The molecule has 0 radical (unpaired) electrons. The maximum absolute atomic E-state index is 13.1. The van der Waals surface area contributed by atoms with Gasteiger partial charge < -0.3 is 8.83 Å². The van der Waals surface area contributed by atoms with E-state index in [0.717, 1.165) is 22.3 Å². The highest BCUT2D eigenvalue weighted by atomic mass is 16.3. The van der Waals surface area contributed by atoms with E-state index in [-0.39, 0.29) is 16.3 Å². The second kappa shape index (κ2) is 9.13. The van der Waals surface area contributed by atoms with E-state index < -0.39 is 0 Å². The van der Waals surface area contributed by atoms with E-state index in [9.17, 15) is 9.59 Å². The number of hydrogen-bond acceptors (Lipinski definition) is 4. The van der Waals surface area contributed by atoms with Gasteiger partial charge in [0.05, 0.1) is 21.5 Å². The largest absolute Gasteiger partial charge is 0.456 e. The van der Waals surface area contributed by atoms with Crippen molar-refractivity contribution in [3.8, 4) is 33.4 Å². The van der Waals surface area contributed by atoms with Crippen molar-refractivity contribution < 1.29 is 8.83 Å². The first kappa shape index (κ1) is 25.7. The average molecular weight is 583 g/mol. The van der Waals surface area contributed by atoms with Gasteiger partial charge in [-0.3, -0.25) is 9.59 Å². The molecule has 0 amide bonds. The molecule has 9 rings (SSSR count). The van der Waals surface area contributed by atoms with Crippen molar-refractivity contribution in [2.45, 2.75) is 19.3 Å². The average Bonchev–Trinajstić information content (AvgIpc) is 3.29. The molecule has 0 bridgehead atoms. The van der Waals surface area contributed by atoms with Crippen LogP contribution in [0.4, 0.5) is 0 Å². The normalized spacial score (nSPS) is 13.5. The summed E-state index contributed by atoms with van der Waals surface area (Å²) in [5, 5.41) is 2.33. The van der Waals surface area contributed by atoms with Gasteiger partial charge in [-0.15, -0.1) is 0 Å². The summed E-state index contributed by atoms with van der Waals surface area (Å²) in [6.45, 7) is 4.53. The summed E-state index contributed by atoms with van der Waals surface area (Å²) in [6.07, 6.45) is 0. The molecule has 0 atom stereocenters. The van der Waals surface area contributed by atoms with Crippen molar-refractivity contribution in [3.05, 3.63) is 153 Å². The molecule has 2 heterocycles. The Hall–Kier alpha value is -5.74. The summed E-state index contributed by atoms with van der Waals surface area (Å²) in [5.74, 6) is 0. The maximum Gasteiger partial charge on any atom is 0.200 e. The van der Waals surface area contributed by atoms with Gasteiger partial charge in [-0.25, -0.2) is 0 Å². The van der Waals surface area contributed by atoms with Crippen molar-refractivity contribution in [2.24, 2.45) is 0 Å². The standard InChI is InChI=1S/C41H26O4/c1-41(2)33-17-13-23(25-11-15-29-37(21-25)44-35-9-5-3-7-27(35)39(29)42)19-31(33)32-20-24(14-18-34(32)41)26-12-16-30-38(22-26)45-36-10-6-4-8-28(36)40(30)43/h3-22H,1-2H3. The maximum atomic E-state index is 13.1. The zero-order valence-corrected chi connectivity index (χ0v) is 24.7. The van der Waals surface area contributed by atoms with Crippen LogP contribution in [-0.4, -0.2) is 0 Å². The van der Waals surface area contributed by atoms with Crippen LogP contribution in [0.2, 0.25) is 0 Å². The summed E-state index contributed by atoms with van der Waals surface area (Å²) < 4.78 is 12.3. The Kier molecular flexibility index (Phi) is 5.22. The van der Waals surface area contributed by atoms with E-state index in [1.165, 1.54) is 22.3 Å². The molecule has 6 aromatic carbocycles. The summed E-state index contributed by atoms with van der Waals surface area (Å²) in [7, 11) is 0. The molecule has 4 heteroatoms. The van der Waals surface area contributed by atoms with E-state index in [1.54, 1.807) is 12.1 Å². The van der Waals surface area contributed by atoms with Crippen LogP contribution in [0.15, 0.2) is 140 Å². The lowest BCUT2D eigenvalue weighted by atomic mass is 9.82. The van der Waals surface area contributed by atoms with E-state index in [4.69, 9.17) is 8.83 Å². The molecular weight excluding hydrogens is 556 g/mol. The molecular formula is C41H26O4. The molecule has 1 aliphatic rings. The fraction of sp³-hybridized carbons (Fsp3) is 0.0732. The van der Waals surface area contributed by atoms with Crippen molar-refractivity contribution in [1.82, 2.24) is 0 Å². The first-order valence-electron chi connectivity index (χ1n) is 15.1. The second-order valence-electron chi connectivity index (χ2n) is 12.4. The summed E-state index contributed by atoms with van der Waals surface area (Å²) >= 11 is 0. The van der Waals surface area contributed by atoms with Crippen LogP contribution in [0.3, 0.4) is 0 Å². The van der Waals surface area contributed by atoms with Crippen molar-refractivity contribution in [2.75, 3.05) is 0 Å². The molecule has 0 aliphatic heterocycles. The molecule has 0 unspecified atom stereocenters. The Labute approximate surface area is 257 Å². The minimum Gasteiger partial charge on any atom is -0.456 e. The van der Waals surface area contributed by atoms with Crippen LogP contribution in [0.1, 0.15) is 25.0 Å². The zero-order chi connectivity index (χ0) is 30.4. The van der Waals surface area contributed by atoms with Crippen molar-refractivity contribution >= 4 is 43.9 Å². The molecule has 214 valence electrons. The van der Waals surface area contributed by atoms with Crippen LogP contribution in [-0.2, 0) is 5.41 Å². The van der Waals surface area contributed by atoms with E-state index in [1.807, 2.05) is 72.8 Å². The molecule has 0 saturated heterocycles. The van der Waals surface area contributed by atoms with E-state index in [2.05, 4.69) is 50.2 Å². The van der Waals surface area contributed by atoms with Gasteiger partial charge >= 0.3 is 0 Å². The number of fused-ring (bicyclic) bond motifs is 7. The highest BCUT2D eigenvalue weighted by Gasteiger charge is 2.35. The van der Waals surface area contributed by atoms with E-state index >= 15 is 0 Å². The Morgan fingerprint density at radius 1 is 0.422 bits per heavy atom. The van der Waals surface area contributed by atoms with Gasteiger partial charge in [0, 0.05) is 5.41 Å². The number of benzene rings is 6.